The minimum atomic E-state index is -0.618. The maximum Gasteiger partial charge on any atom is 0.342 e. The maximum absolute atomic E-state index is 12.3. The monoisotopic (exact) mass is 274 g/mol. The molecule has 0 aliphatic heterocycles. The average molecular weight is 274 g/mol. The molecule has 0 aromatic heterocycles. The van der Waals surface area contributed by atoms with Gasteiger partial charge in [-0.2, -0.15) is 0 Å². The van der Waals surface area contributed by atoms with Crippen molar-refractivity contribution in [1.29, 1.82) is 0 Å². The second kappa shape index (κ2) is 6.51. The second-order valence-corrected chi connectivity index (χ2v) is 5.64. The predicted molar refractivity (Wildman–Crippen MR) is 80.2 cm³/mol. The maximum atomic E-state index is 12.3. The molecule has 0 spiro atoms. The number of allylic oxidation sites excluding steroid dienone is 1. The Balaban J connectivity index is 3.26. The molecular formula is C17H22O3. The molecule has 0 heterocycles. The lowest BCUT2D eigenvalue weighted by Gasteiger charge is -2.21. The highest BCUT2D eigenvalue weighted by Crippen LogP contribution is 2.22. The fraction of sp³-hybridized carbons (Fsp3) is 0.412. The highest BCUT2D eigenvalue weighted by Gasteiger charge is 2.26. The Hall–Kier alpha value is -1.90. The van der Waals surface area contributed by atoms with Crippen LogP contribution in [0.2, 0.25) is 0 Å². The van der Waals surface area contributed by atoms with E-state index < -0.39 is 11.6 Å². The number of carbonyl (C=O) groups excluding carboxylic acids is 2. The standard InChI is InChI=1S/C17H22O3/c1-6-14(18)15(16(19)20-17(3,4)5)12(2)13-10-8-7-9-11-13/h7-11H,6H2,1-5H3. The van der Waals surface area contributed by atoms with Crippen molar-refractivity contribution in [3.63, 3.8) is 0 Å². The summed E-state index contributed by atoms with van der Waals surface area (Å²) in [6, 6.07) is 9.40. The molecule has 0 aliphatic carbocycles. The lowest BCUT2D eigenvalue weighted by atomic mass is 9.97. The molecule has 0 fully saturated rings. The van der Waals surface area contributed by atoms with E-state index in [0.717, 1.165) is 5.56 Å². The van der Waals surface area contributed by atoms with Crippen LogP contribution < -0.4 is 0 Å². The lowest BCUT2D eigenvalue weighted by molar-refractivity contribution is -0.150. The quantitative estimate of drug-likeness (QED) is 0.363. The van der Waals surface area contributed by atoms with Gasteiger partial charge in [-0.05, 0) is 38.8 Å². The fourth-order valence-electron chi connectivity index (χ4n) is 1.81. The Morgan fingerprint density at radius 2 is 1.65 bits per heavy atom. The highest BCUT2D eigenvalue weighted by atomic mass is 16.6. The van der Waals surface area contributed by atoms with Gasteiger partial charge >= 0.3 is 5.97 Å². The molecule has 0 saturated carbocycles. The van der Waals surface area contributed by atoms with Crippen LogP contribution in [-0.4, -0.2) is 17.4 Å². The van der Waals surface area contributed by atoms with E-state index in [1.54, 1.807) is 34.6 Å². The fourth-order valence-corrected chi connectivity index (χ4v) is 1.81. The van der Waals surface area contributed by atoms with Crippen LogP contribution in [0.3, 0.4) is 0 Å². The summed E-state index contributed by atoms with van der Waals surface area (Å²) in [5.41, 5.74) is 1.04. The zero-order chi connectivity index (χ0) is 15.3. The zero-order valence-electron chi connectivity index (χ0n) is 12.8. The minimum absolute atomic E-state index is 0.147. The van der Waals surface area contributed by atoms with E-state index in [-0.39, 0.29) is 17.8 Å². The summed E-state index contributed by atoms with van der Waals surface area (Å²) < 4.78 is 5.35. The zero-order valence-corrected chi connectivity index (χ0v) is 12.8. The Labute approximate surface area is 120 Å². The molecule has 0 amide bonds. The molecular weight excluding hydrogens is 252 g/mol. The van der Waals surface area contributed by atoms with E-state index >= 15 is 0 Å². The van der Waals surface area contributed by atoms with Crippen LogP contribution in [0.1, 0.15) is 46.6 Å². The molecule has 3 nitrogen and oxygen atoms in total. The number of esters is 1. The van der Waals surface area contributed by atoms with Crippen LogP contribution in [0.5, 0.6) is 0 Å². The molecule has 3 heteroatoms. The van der Waals surface area contributed by atoms with E-state index in [2.05, 4.69) is 0 Å². The molecule has 0 saturated heterocycles. The predicted octanol–water partition coefficient (Wildman–Crippen LogP) is 3.78. The van der Waals surface area contributed by atoms with Gasteiger partial charge in [-0.15, -0.1) is 0 Å². The number of hydrogen-bond donors (Lipinski definition) is 0. The molecule has 0 radical (unpaired) electrons. The molecule has 0 unspecified atom stereocenters. The lowest BCUT2D eigenvalue weighted by Crippen LogP contribution is -2.27. The van der Waals surface area contributed by atoms with Crippen molar-refractivity contribution in [3.8, 4) is 0 Å². The first-order valence-electron chi connectivity index (χ1n) is 6.79. The van der Waals surface area contributed by atoms with Gasteiger partial charge in [0.2, 0.25) is 0 Å². The summed E-state index contributed by atoms with van der Waals surface area (Å²) in [5, 5.41) is 0. The number of carbonyl (C=O) groups is 2. The third-order valence-corrected chi connectivity index (χ3v) is 2.78. The summed E-state index contributed by atoms with van der Waals surface area (Å²) >= 11 is 0. The van der Waals surface area contributed by atoms with Gasteiger partial charge in [0.1, 0.15) is 11.2 Å². The first kappa shape index (κ1) is 16.2. The van der Waals surface area contributed by atoms with Crippen LogP contribution >= 0.6 is 0 Å². The second-order valence-electron chi connectivity index (χ2n) is 5.64. The Bertz CT molecular complexity index is 519. The minimum Gasteiger partial charge on any atom is -0.456 e. The molecule has 0 bridgehead atoms. The average Bonchev–Trinajstić information content (AvgIpc) is 2.37. The molecule has 1 aromatic rings. The van der Waals surface area contributed by atoms with Crippen molar-refractivity contribution in [3.05, 3.63) is 41.5 Å². The molecule has 0 N–H and O–H groups in total. The molecule has 0 aliphatic rings. The van der Waals surface area contributed by atoms with Gasteiger partial charge < -0.3 is 4.74 Å². The first-order valence-corrected chi connectivity index (χ1v) is 6.79. The Morgan fingerprint density at radius 3 is 2.10 bits per heavy atom. The number of hydrogen-bond acceptors (Lipinski definition) is 3. The summed E-state index contributed by atoms with van der Waals surface area (Å²) in [4.78, 5) is 24.4. The van der Waals surface area contributed by atoms with Crippen LogP contribution in [0.25, 0.3) is 5.57 Å². The van der Waals surface area contributed by atoms with Crippen LogP contribution in [0.15, 0.2) is 35.9 Å². The van der Waals surface area contributed by atoms with Gasteiger partial charge in [0.25, 0.3) is 0 Å². The number of Topliss-reactive ketones (excluding diaryl/α,β-unsaturated/α-hetero) is 1. The largest absolute Gasteiger partial charge is 0.456 e. The van der Waals surface area contributed by atoms with Gasteiger partial charge in [0, 0.05) is 6.42 Å². The van der Waals surface area contributed by atoms with E-state index in [1.165, 1.54) is 0 Å². The number of benzene rings is 1. The van der Waals surface area contributed by atoms with Gasteiger partial charge in [-0.3, -0.25) is 4.79 Å². The Morgan fingerprint density at radius 1 is 1.10 bits per heavy atom. The van der Waals surface area contributed by atoms with E-state index in [0.29, 0.717) is 5.57 Å². The summed E-state index contributed by atoms with van der Waals surface area (Å²) in [5.74, 6) is -0.744. The van der Waals surface area contributed by atoms with E-state index in [4.69, 9.17) is 4.74 Å². The smallest absolute Gasteiger partial charge is 0.342 e. The van der Waals surface area contributed by atoms with Crippen LogP contribution in [0.4, 0.5) is 0 Å². The number of ketones is 1. The highest BCUT2D eigenvalue weighted by molar-refractivity contribution is 6.22. The van der Waals surface area contributed by atoms with Crippen LogP contribution in [-0.2, 0) is 14.3 Å². The van der Waals surface area contributed by atoms with Gasteiger partial charge in [-0.1, -0.05) is 37.3 Å². The van der Waals surface area contributed by atoms with Crippen molar-refractivity contribution in [2.24, 2.45) is 0 Å². The van der Waals surface area contributed by atoms with Crippen LogP contribution in [0, 0.1) is 0 Å². The van der Waals surface area contributed by atoms with Crippen molar-refractivity contribution < 1.29 is 14.3 Å². The number of rotatable bonds is 4. The SMILES string of the molecule is CCC(=O)C(C(=O)OC(C)(C)C)=C(C)c1ccccc1. The van der Waals surface area contributed by atoms with E-state index in [1.807, 2.05) is 30.3 Å². The summed E-state index contributed by atoms with van der Waals surface area (Å²) in [6.07, 6.45) is 0.277. The molecule has 20 heavy (non-hydrogen) atoms. The topological polar surface area (TPSA) is 43.4 Å². The van der Waals surface area contributed by atoms with Gasteiger partial charge in [0.15, 0.2) is 5.78 Å². The molecule has 1 aromatic carbocycles. The normalized spacial score (nSPS) is 12.7. The summed E-state index contributed by atoms with van der Waals surface area (Å²) in [6.45, 7) is 8.89. The van der Waals surface area contributed by atoms with Crippen molar-refractivity contribution in [2.75, 3.05) is 0 Å². The number of ether oxygens (including phenoxy) is 1. The third kappa shape index (κ3) is 4.34. The van der Waals surface area contributed by atoms with Crippen molar-refractivity contribution >= 4 is 17.3 Å². The third-order valence-electron chi connectivity index (χ3n) is 2.78. The molecule has 0 atom stereocenters. The Kier molecular flexibility index (Phi) is 5.26. The van der Waals surface area contributed by atoms with Gasteiger partial charge in [0.05, 0.1) is 0 Å². The van der Waals surface area contributed by atoms with E-state index in [9.17, 15) is 9.59 Å². The van der Waals surface area contributed by atoms with Crippen molar-refractivity contribution in [1.82, 2.24) is 0 Å². The van der Waals surface area contributed by atoms with Crippen molar-refractivity contribution in [2.45, 2.75) is 46.6 Å². The first-order chi connectivity index (χ1) is 9.26. The van der Waals surface area contributed by atoms with Gasteiger partial charge in [-0.25, -0.2) is 4.79 Å². The molecule has 1 rings (SSSR count). The molecule has 108 valence electrons. The summed E-state index contributed by atoms with van der Waals surface area (Å²) in [7, 11) is 0.